The van der Waals surface area contributed by atoms with E-state index in [9.17, 15) is 0 Å². The van der Waals surface area contributed by atoms with Crippen molar-refractivity contribution in [1.29, 1.82) is 0 Å². The van der Waals surface area contributed by atoms with Gasteiger partial charge in [-0.2, -0.15) is 0 Å². The Morgan fingerprint density at radius 1 is 1.14 bits per heavy atom. The summed E-state index contributed by atoms with van der Waals surface area (Å²) in [6.07, 6.45) is 3.82. The summed E-state index contributed by atoms with van der Waals surface area (Å²) in [7, 11) is 0. The van der Waals surface area contributed by atoms with Crippen LogP contribution >= 0.6 is 0 Å². The van der Waals surface area contributed by atoms with Crippen LogP contribution in [0.3, 0.4) is 0 Å². The maximum Gasteiger partial charge on any atom is 0.130 e. The number of ether oxygens (including phenoxy) is 1. The molecule has 3 nitrogen and oxygen atoms in total. The van der Waals surface area contributed by atoms with Gasteiger partial charge >= 0.3 is 0 Å². The van der Waals surface area contributed by atoms with Crippen molar-refractivity contribution < 1.29 is 4.74 Å². The lowest BCUT2D eigenvalue weighted by molar-refractivity contribution is 0.102. The van der Waals surface area contributed by atoms with Gasteiger partial charge in [0.15, 0.2) is 0 Å². The lowest BCUT2D eigenvalue weighted by Gasteiger charge is -2.32. The van der Waals surface area contributed by atoms with Crippen LogP contribution in [0.4, 0.5) is 5.69 Å². The van der Waals surface area contributed by atoms with Gasteiger partial charge in [0.1, 0.15) is 5.75 Å². The standard InChI is InChI=1S/C18H24N2O/c1-11-4-6-15(8-12(11)2)21-18-9-13(3)20-17-7-5-14(19)10-16(17)18/h5,7,9-12,15H,4,6,8,19H2,1-3H3. The van der Waals surface area contributed by atoms with Gasteiger partial charge in [-0.3, -0.25) is 4.98 Å². The minimum Gasteiger partial charge on any atom is -0.490 e. The Labute approximate surface area is 126 Å². The van der Waals surface area contributed by atoms with Crippen molar-refractivity contribution >= 4 is 16.6 Å². The summed E-state index contributed by atoms with van der Waals surface area (Å²) < 4.78 is 6.33. The first-order chi connectivity index (χ1) is 10.0. The van der Waals surface area contributed by atoms with Crippen molar-refractivity contribution in [3.8, 4) is 5.75 Å². The van der Waals surface area contributed by atoms with Crippen molar-refractivity contribution in [1.82, 2.24) is 4.98 Å². The molecule has 3 unspecified atom stereocenters. The van der Waals surface area contributed by atoms with E-state index >= 15 is 0 Å². The van der Waals surface area contributed by atoms with E-state index in [-0.39, 0.29) is 0 Å². The third-order valence-electron chi connectivity index (χ3n) is 4.77. The van der Waals surface area contributed by atoms with Gasteiger partial charge < -0.3 is 10.5 Å². The molecule has 0 spiro atoms. The highest BCUT2D eigenvalue weighted by atomic mass is 16.5. The van der Waals surface area contributed by atoms with Crippen molar-refractivity contribution in [2.24, 2.45) is 11.8 Å². The molecule has 1 aromatic carbocycles. The molecule has 21 heavy (non-hydrogen) atoms. The number of aromatic nitrogens is 1. The van der Waals surface area contributed by atoms with Crippen molar-refractivity contribution in [3.63, 3.8) is 0 Å². The molecule has 1 fully saturated rings. The second kappa shape index (κ2) is 5.55. The molecular formula is C18H24N2O. The molecule has 112 valence electrons. The van der Waals surface area contributed by atoms with E-state index < -0.39 is 0 Å². The summed E-state index contributed by atoms with van der Waals surface area (Å²) >= 11 is 0. The molecule has 0 amide bonds. The molecule has 1 aliphatic rings. The summed E-state index contributed by atoms with van der Waals surface area (Å²) in [6, 6.07) is 7.86. The summed E-state index contributed by atoms with van der Waals surface area (Å²) in [5, 5.41) is 1.02. The molecule has 0 saturated heterocycles. The third-order valence-corrected chi connectivity index (χ3v) is 4.77. The van der Waals surface area contributed by atoms with Crippen LogP contribution < -0.4 is 10.5 Å². The summed E-state index contributed by atoms with van der Waals surface area (Å²) in [5.41, 5.74) is 8.61. The molecule has 1 heterocycles. The van der Waals surface area contributed by atoms with Crippen molar-refractivity contribution in [2.45, 2.75) is 46.1 Å². The monoisotopic (exact) mass is 284 g/mol. The number of pyridine rings is 1. The molecule has 3 heteroatoms. The minimum atomic E-state index is 0.308. The Kier molecular flexibility index (Phi) is 3.75. The highest BCUT2D eigenvalue weighted by Gasteiger charge is 2.26. The maximum atomic E-state index is 6.33. The topological polar surface area (TPSA) is 48.1 Å². The Bertz CT molecular complexity index is 653. The van der Waals surface area contributed by atoms with E-state index in [0.717, 1.165) is 52.7 Å². The molecule has 1 aliphatic carbocycles. The van der Waals surface area contributed by atoms with Gasteiger partial charge in [-0.15, -0.1) is 0 Å². The zero-order chi connectivity index (χ0) is 15.0. The predicted molar refractivity (Wildman–Crippen MR) is 87.5 cm³/mol. The quantitative estimate of drug-likeness (QED) is 0.835. The fourth-order valence-corrected chi connectivity index (χ4v) is 3.22. The molecule has 0 radical (unpaired) electrons. The van der Waals surface area contributed by atoms with E-state index in [1.165, 1.54) is 6.42 Å². The van der Waals surface area contributed by atoms with E-state index in [0.29, 0.717) is 6.10 Å². The number of fused-ring (bicyclic) bond motifs is 1. The smallest absolute Gasteiger partial charge is 0.130 e. The second-order valence-electron chi connectivity index (χ2n) is 6.55. The number of rotatable bonds is 2. The van der Waals surface area contributed by atoms with Gasteiger partial charge in [-0.05, 0) is 56.2 Å². The van der Waals surface area contributed by atoms with Crippen LogP contribution in [0.2, 0.25) is 0 Å². The zero-order valence-corrected chi connectivity index (χ0v) is 13.1. The van der Waals surface area contributed by atoms with Gasteiger partial charge in [-0.1, -0.05) is 13.8 Å². The number of hydrogen-bond donors (Lipinski definition) is 1. The maximum absolute atomic E-state index is 6.33. The third kappa shape index (κ3) is 2.97. The largest absolute Gasteiger partial charge is 0.490 e. The molecule has 0 aliphatic heterocycles. The molecule has 2 N–H and O–H groups in total. The SMILES string of the molecule is Cc1cc(OC2CCC(C)C(C)C2)c2cc(N)ccc2n1. The Hall–Kier alpha value is -1.77. The molecule has 3 atom stereocenters. The fraction of sp³-hybridized carbons (Fsp3) is 0.500. The van der Waals surface area contributed by atoms with Crippen LogP contribution in [-0.4, -0.2) is 11.1 Å². The minimum absolute atomic E-state index is 0.308. The number of hydrogen-bond acceptors (Lipinski definition) is 3. The van der Waals surface area contributed by atoms with Gasteiger partial charge in [0, 0.05) is 22.8 Å². The Balaban J connectivity index is 1.91. The highest BCUT2D eigenvalue weighted by Crippen LogP contribution is 2.34. The second-order valence-corrected chi connectivity index (χ2v) is 6.55. The van der Waals surface area contributed by atoms with Crippen LogP contribution in [0.25, 0.3) is 10.9 Å². The van der Waals surface area contributed by atoms with Crippen LogP contribution in [-0.2, 0) is 0 Å². The lowest BCUT2D eigenvalue weighted by Crippen LogP contribution is -2.28. The van der Waals surface area contributed by atoms with Crippen molar-refractivity contribution in [2.75, 3.05) is 5.73 Å². The number of aryl methyl sites for hydroxylation is 1. The first-order valence-corrected chi connectivity index (χ1v) is 7.86. The van der Waals surface area contributed by atoms with Gasteiger partial charge in [-0.25, -0.2) is 0 Å². The molecular weight excluding hydrogens is 260 g/mol. The average molecular weight is 284 g/mol. The van der Waals surface area contributed by atoms with Crippen LogP contribution in [0.1, 0.15) is 38.8 Å². The van der Waals surface area contributed by atoms with Gasteiger partial charge in [0.25, 0.3) is 0 Å². The normalized spacial score (nSPS) is 26.0. The number of nitrogens with two attached hydrogens (primary N) is 1. The Morgan fingerprint density at radius 3 is 2.71 bits per heavy atom. The first-order valence-electron chi connectivity index (χ1n) is 7.86. The first kappa shape index (κ1) is 14.2. The average Bonchev–Trinajstić information content (AvgIpc) is 2.43. The van der Waals surface area contributed by atoms with Crippen LogP contribution in [0.5, 0.6) is 5.75 Å². The highest BCUT2D eigenvalue weighted by molar-refractivity contribution is 5.87. The Morgan fingerprint density at radius 2 is 1.95 bits per heavy atom. The van der Waals surface area contributed by atoms with Gasteiger partial charge in [0.2, 0.25) is 0 Å². The van der Waals surface area contributed by atoms with E-state index in [1.807, 2.05) is 31.2 Å². The summed E-state index contributed by atoms with van der Waals surface area (Å²) in [6.45, 7) is 6.68. The number of nitrogens with zero attached hydrogens (tertiary/aromatic N) is 1. The number of nitrogen functional groups attached to an aromatic ring is 1. The van der Waals surface area contributed by atoms with Crippen LogP contribution in [0, 0.1) is 18.8 Å². The lowest BCUT2D eigenvalue weighted by atomic mass is 9.80. The number of benzene rings is 1. The number of anilines is 1. The summed E-state index contributed by atoms with van der Waals surface area (Å²) in [4.78, 5) is 4.56. The van der Waals surface area contributed by atoms with E-state index in [4.69, 9.17) is 10.5 Å². The zero-order valence-electron chi connectivity index (χ0n) is 13.1. The molecule has 3 rings (SSSR count). The molecule has 1 saturated carbocycles. The molecule has 1 aromatic heterocycles. The van der Waals surface area contributed by atoms with E-state index in [1.54, 1.807) is 0 Å². The van der Waals surface area contributed by atoms with E-state index in [2.05, 4.69) is 18.8 Å². The molecule has 2 aromatic rings. The van der Waals surface area contributed by atoms with Gasteiger partial charge in [0.05, 0.1) is 11.6 Å². The summed E-state index contributed by atoms with van der Waals surface area (Å²) in [5.74, 6) is 2.45. The van der Waals surface area contributed by atoms with Crippen LogP contribution in [0.15, 0.2) is 24.3 Å². The molecule has 0 bridgehead atoms. The van der Waals surface area contributed by atoms with Crippen molar-refractivity contribution in [3.05, 3.63) is 30.0 Å². The fourth-order valence-electron chi connectivity index (χ4n) is 3.22. The predicted octanol–water partition coefficient (Wildman–Crippen LogP) is 4.33.